The fourth-order valence-corrected chi connectivity index (χ4v) is 4.52. The second-order valence-corrected chi connectivity index (χ2v) is 8.52. The van der Waals surface area contributed by atoms with Crippen molar-refractivity contribution in [2.24, 2.45) is 0 Å². The minimum absolute atomic E-state index is 0.0160. The van der Waals surface area contributed by atoms with E-state index in [2.05, 4.69) is 9.88 Å². The monoisotopic (exact) mass is 420 g/mol. The number of rotatable bonds is 7. The first-order valence-electron chi connectivity index (χ1n) is 11.3. The fraction of sp³-hybridized carbons (Fsp3) is 0.458. The Labute approximate surface area is 181 Å². The summed E-state index contributed by atoms with van der Waals surface area (Å²) in [5.74, 6) is -0.105. The number of ether oxygens (including phenoxy) is 1. The van der Waals surface area contributed by atoms with Gasteiger partial charge in [-0.2, -0.15) is 5.10 Å². The quantitative estimate of drug-likeness (QED) is 0.615. The van der Waals surface area contributed by atoms with Crippen LogP contribution in [-0.2, 0) is 0 Å². The molecule has 0 bridgehead atoms. The van der Waals surface area contributed by atoms with Crippen molar-refractivity contribution in [2.75, 3.05) is 26.2 Å². The minimum Gasteiger partial charge on any atom is -0.491 e. The van der Waals surface area contributed by atoms with Gasteiger partial charge in [-0.15, -0.1) is 0 Å². The van der Waals surface area contributed by atoms with Gasteiger partial charge in [-0.25, -0.2) is 14.5 Å². The van der Waals surface area contributed by atoms with Gasteiger partial charge in [0.15, 0.2) is 11.3 Å². The maximum atomic E-state index is 11.8. The van der Waals surface area contributed by atoms with E-state index in [1.54, 1.807) is 10.7 Å². The molecule has 1 aliphatic carbocycles. The summed E-state index contributed by atoms with van der Waals surface area (Å²) in [5, 5.41) is 15.4. The predicted octanol–water partition coefficient (Wildman–Crippen LogP) is 4.25. The second-order valence-electron chi connectivity index (χ2n) is 8.52. The highest BCUT2D eigenvalue weighted by Gasteiger charge is 2.29. The molecule has 1 aromatic carbocycles. The number of carbonyl (C=O) groups is 1. The molecule has 3 aromatic rings. The van der Waals surface area contributed by atoms with Gasteiger partial charge in [0.2, 0.25) is 0 Å². The number of para-hydroxylation sites is 1. The lowest BCUT2D eigenvalue weighted by molar-refractivity contribution is 0.0690. The Bertz CT molecular complexity index is 1070. The van der Waals surface area contributed by atoms with Crippen molar-refractivity contribution in [3.8, 4) is 11.4 Å². The largest absolute Gasteiger partial charge is 0.491 e. The molecule has 31 heavy (non-hydrogen) atoms. The zero-order valence-electron chi connectivity index (χ0n) is 17.7. The molecular weight excluding hydrogens is 392 g/mol. The molecule has 0 amide bonds. The number of fused-ring (bicyclic) bond motifs is 1. The van der Waals surface area contributed by atoms with Crippen LogP contribution in [-0.4, -0.2) is 57.0 Å². The topological polar surface area (TPSA) is 80.5 Å². The van der Waals surface area contributed by atoms with Crippen LogP contribution in [0.5, 0.6) is 5.75 Å². The van der Waals surface area contributed by atoms with Crippen LogP contribution in [0.4, 0.5) is 0 Å². The van der Waals surface area contributed by atoms with Crippen molar-refractivity contribution in [2.45, 2.75) is 44.4 Å². The lowest BCUT2D eigenvalue weighted by Crippen LogP contribution is -2.33. The predicted molar refractivity (Wildman–Crippen MR) is 118 cm³/mol. The maximum absolute atomic E-state index is 11.8. The first-order valence-corrected chi connectivity index (χ1v) is 11.3. The van der Waals surface area contributed by atoms with E-state index in [-0.39, 0.29) is 5.69 Å². The summed E-state index contributed by atoms with van der Waals surface area (Å²) < 4.78 is 7.99. The number of benzene rings is 1. The van der Waals surface area contributed by atoms with Crippen molar-refractivity contribution in [3.05, 3.63) is 47.8 Å². The molecule has 1 saturated carbocycles. The molecule has 162 valence electrons. The number of carboxylic acid groups (broad SMARTS) is 1. The van der Waals surface area contributed by atoms with Crippen LogP contribution in [0.25, 0.3) is 16.7 Å². The van der Waals surface area contributed by atoms with E-state index in [0.717, 1.165) is 49.2 Å². The van der Waals surface area contributed by atoms with E-state index in [1.165, 1.54) is 25.7 Å². The third kappa shape index (κ3) is 4.02. The molecule has 2 aromatic heterocycles. The zero-order valence-corrected chi connectivity index (χ0v) is 17.7. The Hall–Kier alpha value is -2.93. The number of nitrogens with zero attached hydrogens (tertiary/aromatic N) is 4. The lowest BCUT2D eigenvalue weighted by atomic mass is 9.82. The summed E-state index contributed by atoms with van der Waals surface area (Å²) in [6.45, 7) is 3.58. The SMILES string of the molecule is O=C(O)c1cc(OCCN2CCCCC2)c2c(C3CCC3)nn(-c3ccccc3)c2n1. The molecule has 2 fully saturated rings. The summed E-state index contributed by atoms with van der Waals surface area (Å²) in [5.41, 5.74) is 2.38. The molecule has 2 aliphatic rings. The number of carboxylic acids is 1. The average molecular weight is 421 g/mol. The van der Waals surface area contributed by atoms with E-state index in [4.69, 9.17) is 9.84 Å². The first kappa shape index (κ1) is 20.0. The molecule has 0 atom stereocenters. The molecule has 1 N–H and O–H groups in total. The second kappa shape index (κ2) is 8.67. The van der Waals surface area contributed by atoms with Crippen molar-refractivity contribution in [1.29, 1.82) is 0 Å². The van der Waals surface area contributed by atoms with Crippen LogP contribution in [0.2, 0.25) is 0 Å². The number of pyridine rings is 1. The third-order valence-electron chi connectivity index (χ3n) is 6.45. The maximum Gasteiger partial charge on any atom is 0.354 e. The minimum atomic E-state index is -1.06. The third-order valence-corrected chi connectivity index (χ3v) is 6.45. The molecule has 3 heterocycles. The average Bonchev–Trinajstić information content (AvgIpc) is 3.13. The number of likely N-dealkylation sites (tertiary alicyclic amines) is 1. The van der Waals surface area contributed by atoms with Crippen LogP contribution >= 0.6 is 0 Å². The van der Waals surface area contributed by atoms with Gasteiger partial charge in [0.25, 0.3) is 0 Å². The Balaban J connectivity index is 1.55. The van der Waals surface area contributed by atoms with E-state index in [9.17, 15) is 9.90 Å². The van der Waals surface area contributed by atoms with E-state index >= 15 is 0 Å². The van der Waals surface area contributed by atoms with Gasteiger partial charge in [0.1, 0.15) is 12.4 Å². The highest BCUT2D eigenvalue weighted by molar-refractivity contribution is 5.94. The molecule has 7 nitrogen and oxygen atoms in total. The molecule has 1 aliphatic heterocycles. The van der Waals surface area contributed by atoms with Gasteiger partial charge in [0, 0.05) is 18.5 Å². The van der Waals surface area contributed by atoms with Gasteiger partial charge in [0.05, 0.1) is 16.8 Å². The fourth-order valence-electron chi connectivity index (χ4n) is 4.52. The number of aromatic carboxylic acids is 1. The molecule has 5 rings (SSSR count). The van der Waals surface area contributed by atoms with E-state index in [1.807, 2.05) is 30.3 Å². The molecule has 0 spiro atoms. The number of hydrogen-bond donors (Lipinski definition) is 1. The van der Waals surface area contributed by atoms with Crippen molar-refractivity contribution in [1.82, 2.24) is 19.7 Å². The first-order chi connectivity index (χ1) is 15.2. The normalized spacial score (nSPS) is 17.5. The summed E-state index contributed by atoms with van der Waals surface area (Å²) in [6.07, 6.45) is 7.14. The molecule has 1 saturated heterocycles. The van der Waals surface area contributed by atoms with Crippen LogP contribution in [0, 0.1) is 0 Å². The van der Waals surface area contributed by atoms with Crippen LogP contribution in [0.3, 0.4) is 0 Å². The van der Waals surface area contributed by atoms with Gasteiger partial charge in [-0.1, -0.05) is 31.0 Å². The Morgan fingerprint density at radius 1 is 1.10 bits per heavy atom. The van der Waals surface area contributed by atoms with Gasteiger partial charge in [-0.3, -0.25) is 4.90 Å². The number of aromatic nitrogens is 3. The Morgan fingerprint density at radius 2 is 1.87 bits per heavy atom. The summed E-state index contributed by atoms with van der Waals surface area (Å²) in [7, 11) is 0. The van der Waals surface area contributed by atoms with Crippen LogP contribution in [0.1, 0.15) is 60.6 Å². The van der Waals surface area contributed by atoms with Gasteiger partial charge >= 0.3 is 5.97 Å². The van der Waals surface area contributed by atoms with Crippen LogP contribution in [0.15, 0.2) is 36.4 Å². The molecular formula is C24H28N4O3. The number of piperidine rings is 1. The van der Waals surface area contributed by atoms with Crippen molar-refractivity contribution in [3.63, 3.8) is 0 Å². The Kier molecular flexibility index (Phi) is 5.59. The molecule has 7 heteroatoms. The summed E-state index contributed by atoms with van der Waals surface area (Å²) >= 11 is 0. The summed E-state index contributed by atoms with van der Waals surface area (Å²) in [6, 6.07) is 11.3. The lowest BCUT2D eigenvalue weighted by Gasteiger charge is -2.26. The Morgan fingerprint density at radius 3 is 2.55 bits per heavy atom. The van der Waals surface area contributed by atoms with Crippen LogP contribution < -0.4 is 4.74 Å². The van der Waals surface area contributed by atoms with Gasteiger partial charge < -0.3 is 9.84 Å². The van der Waals surface area contributed by atoms with Crippen molar-refractivity contribution < 1.29 is 14.6 Å². The smallest absolute Gasteiger partial charge is 0.354 e. The molecule has 0 unspecified atom stereocenters. The van der Waals surface area contributed by atoms with Crippen molar-refractivity contribution >= 4 is 17.0 Å². The van der Waals surface area contributed by atoms with Gasteiger partial charge in [-0.05, 0) is 50.9 Å². The standard InChI is InChI=1S/C24H28N4O3/c29-24(30)19-16-20(31-15-14-27-12-5-2-6-13-27)21-22(17-8-7-9-17)26-28(23(21)25-19)18-10-3-1-4-11-18/h1,3-4,10-11,16-17H,2,5-9,12-15H2,(H,29,30). The summed E-state index contributed by atoms with van der Waals surface area (Å²) in [4.78, 5) is 18.7. The van der Waals surface area contributed by atoms with E-state index < -0.39 is 5.97 Å². The highest BCUT2D eigenvalue weighted by Crippen LogP contribution is 2.42. The highest BCUT2D eigenvalue weighted by atomic mass is 16.5. The molecule has 0 radical (unpaired) electrons. The van der Waals surface area contributed by atoms with E-state index in [0.29, 0.717) is 23.9 Å². The number of hydrogen-bond acceptors (Lipinski definition) is 5. The zero-order chi connectivity index (χ0) is 21.2.